The number of hydrogen-bond donors (Lipinski definition) is 0. The van der Waals surface area contributed by atoms with Crippen molar-refractivity contribution in [3.05, 3.63) is 21.7 Å². The molecule has 0 aliphatic carbocycles. The molecule has 17 heavy (non-hydrogen) atoms. The zero-order valence-corrected chi connectivity index (χ0v) is 9.55. The van der Waals surface area contributed by atoms with Crippen molar-refractivity contribution in [1.82, 2.24) is 4.98 Å². The quantitative estimate of drug-likeness (QED) is 0.547. The normalized spacial score (nSPS) is 21.7. The predicted octanol–water partition coefficient (Wildman–Crippen LogP) is 1.66. The molecule has 90 valence electrons. The number of ether oxygens (including phenoxy) is 1. The molecule has 1 aromatic rings. The number of rotatable bonds is 1. The van der Waals surface area contributed by atoms with E-state index in [9.17, 15) is 10.1 Å². The van der Waals surface area contributed by atoms with Crippen LogP contribution in [0.2, 0.25) is 0 Å². The van der Waals surface area contributed by atoms with Gasteiger partial charge < -0.3 is 19.8 Å². The number of nitro groups is 1. The van der Waals surface area contributed by atoms with Crippen molar-refractivity contribution in [3.8, 4) is 5.75 Å². The Hall–Kier alpha value is -1.85. The monoisotopic (exact) mass is 235 g/mol. The molecule has 3 rings (SSSR count). The maximum atomic E-state index is 10.8. The molecular weight excluding hydrogens is 222 g/mol. The van der Waals surface area contributed by atoms with Gasteiger partial charge in [-0.2, -0.15) is 0 Å². The van der Waals surface area contributed by atoms with E-state index in [1.54, 1.807) is 0 Å². The Bertz CT molecular complexity index is 489. The van der Waals surface area contributed by atoms with E-state index in [1.165, 1.54) is 6.07 Å². The summed E-state index contributed by atoms with van der Waals surface area (Å²) in [4.78, 5) is 16.6. The largest absolute Gasteiger partial charge is 0.485 e. The van der Waals surface area contributed by atoms with E-state index in [1.807, 2.05) is 6.92 Å². The smallest absolute Gasteiger partial charge is 0.366 e. The summed E-state index contributed by atoms with van der Waals surface area (Å²) in [5.74, 6) is 1.25. The molecule has 0 bridgehead atoms. The minimum Gasteiger partial charge on any atom is -0.485 e. The van der Waals surface area contributed by atoms with Gasteiger partial charge in [0.2, 0.25) is 0 Å². The molecule has 2 aliphatic rings. The summed E-state index contributed by atoms with van der Waals surface area (Å²) in [6.45, 7) is 3.39. The van der Waals surface area contributed by atoms with Crippen LogP contribution in [0.3, 0.4) is 0 Å². The van der Waals surface area contributed by atoms with Crippen LogP contribution in [0.25, 0.3) is 0 Å². The van der Waals surface area contributed by atoms with Crippen LogP contribution in [0, 0.1) is 17.0 Å². The van der Waals surface area contributed by atoms with Gasteiger partial charge in [-0.15, -0.1) is 0 Å². The fourth-order valence-corrected chi connectivity index (χ4v) is 2.56. The predicted molar refractivity (Wildman–Crippen MR) is 61.5 cm³/mol. The van der Waals surface area contributed by atoms with Gasteiger partial charge in [0.15, 0.2) is 5.75 Å². The molecule has 1 fully saturated rings. The number of pyridine rings is 1. The van der Waals surface area contributed by atoms with Crippen LogP contribution in [0.4, 0.5) is 11.6 Å². The lowest BCUT2D eigenvalue weighted by Gasteiger charge is -2.30. The Labute approximate surface area is 98.4 Å². The summed E-state index contributed by atoms with van der Waals surface area (Å²) in [5, 5.41) is 10.8. The Morgan fingerprint density at radius 1 is 1.65 bits per heavy atom. The lowest BCUT2D eigenvalue weighted by atomic mass is 10.2. The van der Waals surface area contributed by atoms with Gasteiger partial charge in [-0.1, -0.05) is 0 Å². The minimum atomic E-state index is -0.451. The van der Waals surface area contributed by atoms with Crippen molar-refractivity contribution in [2.45, 2.75) is 25.8 Å². The van der Waals surface area contributed by atoms with E-state index in [4.69, 9.17) is 4.74 Å². The molecule has 2 aliphatic heterocycles. The second-order valence-electron chi connectivity index (χ2n) is 4.51. The highest BCUT2D eigenvalue weighted by atomic mass is 16.6. The number of hydrogen-bond acceptors (Lipinski definition) is 5. The van der Waals surface area contributed by atoms with Gasteiger partial charge in [0.1, 0.15) is 6.61 Å². The number of aryl methyl sites for hydroxylation is 1. The van der Waals surface area contributed by atoms with E-state index in [2.05, 4.69) is 9.88 Å². The fraction of sp³-hybridized carbons (Fsp3) is 0.545. The molecule has 0 aromatic carbocycles. The molecule has 6 nitrogen and oxygen atoms in total. The van der Waals surface area contributed by atoms with Crippen molar-refractivity contribution in [1.29, 1.82) is 0 Å². The molecule has 1 atom stereocenters. The molecule has 1 aromatic heterocycles. The van der Waals surface area contributed by atoms with Crippen LogP contribution in [-0.4, -0.2) is 29.1 Å². The Morgan fingerprint density at radius 2 is 2.47 bits per heavy atom. The van der Waals surface area contributed by atoms with E-state index < -0.39 is 4.92 Å². The Morgan fingerprint density at radius 3 is 3.24 bits per heavy atom. The van der Waals surface area contributed by atoms with Crippen LogP contribution in [0.15, 0.2) is 6.07 Å². The molecule has 0 radical (unpaired) electrons. The summed E-state index contributed by atoms with van der Waals surface area (Å²) in [6.07, 6.45) is 2.17. The lowest BCUT2D eigenvalue weighted by molar-refractivity contribution is -0.389. The first-order chi connectivity index (χ1) is 8.16. The molecule has 0 amide bonds. The van der Waals surface area contributed by atoms with E-state index in [0.29, 0.717) is 24.2 Å². The highest BCUT2D eigenvalue weighted by Crippen LogP contribution is 2.39. The lowest BCUT2D eigenvalue weighted by Crippen LogP contribution is -2.39. The topological polar surface area (TPSA) is 68.5 Å². The molecule has 3 heterocycles. The van der Waals surface area contributed by atoms with Gasteiger partial charge >= 0.3 is 5.82 Å². The zero-order chi connectivity index (χ0) is 12.0. The Kier molecular flexibility index (Phi) is 2.17. The molecule has 0 spiro atoms. The van der Waals surface area contributed by atoms with Crippen LogP contribution in [0.1, 0.15) is 18.4 Å². The molecule has 1 unspecified atom stereocenters. The molecular formula is C11H13N3O3. The Balaban J connectivity index is 2.12. The van der Waals surface area contributed by atoms with E-state index >= 15 is 0 Å². The summed E-state index contributed by atoms with van der Waals surface area (Å²) >= 11 is 0. The average Bonchev–Trinajstić information content (AvgIpc) is 2.76. The maximum absolute atomic E-state index is 10.8. The standard InChI is InChI=1S/C11H13N3O3/c1-7-5-9(14(15)16)12-11-10(7)17-6-8-3-2-4-13(8)11/h5,8H,2-4,6H2,1H3. The first-order valence-electron chi connectivity index (χ1n) is 5.72. The van der Waals surface area contributed by atoms with Crippen molar-refractivity contribution in [2.75, 3.05) is 18.1 Å². The van der Waals surface area contributed by atoms with Gasteiger partial charge in [-0.3, -0.25) is 0 Å². The van der Waals surface area contributed by atoms with Crippen LogP contribution in [-0.2, 0) is 0 Å². The molecule has 1 saturated heterocycles. The van der Waals surface area contributed by atoms with Crippen molar-refractivity contribution < 1.29 is 9.66 Å². The first kappa shape index (κ1) is 10.3. The second-order valence-corrected chi connectivity index (χ2v) is 4.51. The highest BCUT2D eigenvalue weighted by molar-refractivity contribution is 5.61. The minimum absolute atomic E-state index is 0.0996. The van der Waals surface area contributed by atoms with Crippen LogP contribution in [0.5, 0.6) is 5.75 Å². The first-order valence-corrected chi connectivity index (χ1v) is 5.72. The second kappa shape index (κ2) is 3.58. The SMILES string of the molecule is Cc1cc([N+](=O)[O-])nc2c1OCC1CCCN21. The van der Waals surface area contributed by atoms with Crippen LogP contribution < -0.4 is 9.64 Å². The van der Waals surface area contributed by atoms with E-state index in [-0.39, 0.29) is 5.82 Å². The maximum Gasteiger partial charge on any atom is 0.366 e. The number of anilines is 1. The summed E-state index contributed by atoms with van der Waals surface area (Å²) < 4.78 is 5.68. The molecule has 0 saturated carbocycles. The van der Waals surface area contributed by atoms with Gasteiger partial charge in [0.05, 0.1) is 6.04 Å². The third-order valence-electron chi connectivity index (χ3n) is 3.38. The van der Waals surface area contributed by atoms with Crippen LogP contribution >= 0.6 is 0 Å². The fourth-order valence-electron chi connectivity index (χ4n) is 2.56. The van der Waals surface area contributed by atoms with Gasteiger partial charge in [-0.25, -0.2) is 0 Å². The molecule has 0 N–H and O–H groups in total. The summed E-state index contributed by atoms with van der Waals surface area (Å²) in [6, 6.07) is 1.80. The van der Waals surface area contributed by atoms with E-state index in [0.717, 1.165) is 24.9 Å². The van der Waals surface area contributed by atoms with Gasteiger partial charge in [0.25, 0.3) is 5.82 Å². The number of fused-ring (bicyclic) bond motifs is 3. The number of aromatic nitrogens is 1. The molecule has 6 heteroatoms. The third kappa shape index (κ3) is 1.51. The van der Waals surface area contributed by atoms with Gasteiger partial charge in [-0.05, 0) is 29.7 Å². The summed E-state index contributed by atoms with van der Waals surface area (Å²) in [5.41, 5.74) is 0.784. The third-order valence-corrected chi connectivity index (χ3v) is 3.38. The summed E-state index contributed by atoms with van der Waals surface area (Å²) in [7, 11) is 0. The zero-order valence-electron chi connectivity index (χ0n) is 9.55. The van der Waals surface area contributed by atoms with Crippen molar-refractivity contribution in [2.24, 2.45) is 0 Å². The number of nitrogens with zero attached hydrogens (tertiary/aromatic N) is 3. The average molecular weight is 235 g/mol. The van der Waals surface area contributed by atoms with Crippen molar-refractivity contribution in [3.63, 3.8) is 0 Å². The van der Waals surface area contributed by atoms with Crippen molar-refractivity contribution >= 4 is 11.6 Å². The highest BCUT2D eigenvalue weighted by Gasteiger charge is 2.37. The van der Waals surface area contributed by atoms with Gasteiger partial charge in [0, 0.05) is 18.2 Å².